The molecule has 3 N–H and O–H groups in total. The number of hydrogen-bond donors (Lipinski definition) is 2. The molecule has 0 aliphatic carbocycles. The van der Waals surface area contributed by atoms with Crippen LogP contribution >= 0.6 is 0 Å². The molecule has 0 heterocycles. The van der Waals surface area contributed by atoms with E-state index in [2.05, 4.69) is 17.0 Å². The lowest BCUT2D eigenvalue weighted by molar-refractivity contribution is 0.112. The number of likely N-dealkylation sites (N-methyl/N-ethyl adjacent to an activating group) is 1. The van der Waals surface area contributed by atoms with Crippen LogP contribution in [0.15, 0.2) is 29.4 Å². The first-order valence-corrected chi connectivity index (χ1v) is 5.85. The number of benzene rings is 1. The first-order chi connectivity index (χ1) is 8.60. The number of methoxy groups -OCH3 is 1. The van der Waals surface area contributed by atoms with E-state index < -0.39 is 0 Å². The SMILES string of the molecule is COCC(C)N(C)Cc1ccccc1/C(N)=N/O. The van der Waals surface area contributed by atoms with Crippen LogP contribution in [0, 0.1) is 0 Å². The highest BCUT2D eigenvalue weighted by Crippen LogP contribution is 2.12. The lowest BCUT2D eigenvalue weighted by Crippen LogP contribution is -2.33. The van der Waals surface area contributed by atoms with Crippen LogP contribution in [-0.2, 0) is 11.3 Å². The summed E-state index contributed by atoms with van der Waals surface area (Å²) in [6.45, 7) is 3.48. The summed E-state index contributed by atoms with van der Waals surface area (Å²) in [6.07, 6.45) is 0. The molecule has 0 saturated heterocycles. The molecule has 5 nitrogen and oxygen atoms in total. The quantitative estimate of drug-likeness (QED) is 0.345. The molecule has 100 valence electrons. The van der Waals surface area contributed by atoms with Gasteiger partial charge in [-0.1, -0.05) is 29.4 Å². The van der Waals surface area contributed by atoms with Crippen LogP contribution in [0.4, 0.5) is 0 Å². The van der Waals surface area contributed by atoms with Gasteiger partial charge in [0.15, 0.2) is 5.84 Å². The fourth-order valence-corrected chi connectivity index (χ4v) is 1.75. The number of oxime groups is 1. The van der Waals surface area contributed by atoms with Gasteiger partial charge in [-0.05, 0) is 19.5 Å². The Morgan fingerprint density at radius 3 is 2.78 bits per heavy atom. The second-order valence-electron chi connectivity index (χ2n) is 4.36. The minimum Gasteiger partial charge on any atom is -0.409 e. The van der Waals surface area contributed by atoms with Crippen molar-refractivity contribution in [2.45, 2.75) is 19.5 Å². The van der Waals surface area contributed by atoms with Gasteiger partial charge in [0.1, 0.15) is 0 Å². The molecule has 0 bridgehead atoms. The molecular formula is C13H21N3O2. The first-order valence-electron chi connectivity index (χ1n) is 5.85. The number of nitrogens with two attached hydrogens (primary N) is 1. The van der Waals surface area contributed by atoms with Crippen molar-refractivity contribution in [2.24, 2.45) is 10.9 Å². The predicted molar refractivity (Wildman–Crippen MR) is 71.8 cm³/mol. The van der Waals surface area contributed by atoms with Crippen molar-refractivity contribution < 1.29 is 9.94 Å². The third-order valence-electron chi connectivity index (χ3n) is 2.98. The summed E-state index contributed by atoms with van der Waals surface area (Å²) in [5.74, 6) is 0.137. The van der Waals surface area contributed by atoms with Crippen LogP contribution < -0.4 is 5.73 Å². The van der Waals surface area contributed by atoms with Crippen molar-refractivity contribution in [3.05, 3.63) is 35.4 Å². The molecule has 5 heteroatoms. The Morgan fingerprint density at radius 1 is 1.50 bits per heavy atom. The van der Waals surface area contributed by atoms with E-state index in [1.165, 1.54) is 0 Å². The predicted octanol–water partition coefficient (Wildman–Crippen LogP) is 1.25. The molecule has 1 aromatic carbocycles. The molecular weight excluding hydrogens is 230 g/mol. The van der Waals surface area contributed by atoms with Crippen molar-refractivity contribution in [2.75, 3.05) is 20.8 Å². The monoisotopic (exact) mass is 251 g/mol. The second-order valence-corrected chi connectivity index (χ2v) is 4.36. The summed E-state index contributed by atoms with van der Waals surface area (Å²) >= 11 is 0. The van der Waals surface area contributed by atoms with Gasteiger partial charge in [-0.15, -0.1) is 0 Å². The molecule has 0 fully saturated rings. The lowest BCUT2D eigenvalue weighted by Gasteiger charge is -2.24. The lowest BCUT2D eigenvalue weighted by atomic mass is 10.1. The van der Waals surface area contributed by atoms with E-state index in [0.29, 0.717) is 12.6 Å². The van der Waals surface area contributed by atoms with E-state index in [0.717, 1.165) is 17.7 Å². The molecule has 1 aromatic rings. The normalized spacial score (nSPS) is 13.9. The smallest absolute Gasteiger partial charge is 0.170 e. The van der Waals surface area contributed by atoms with Crippen molar-refractivity contribution in [3.8, 4) is 0 Å². The summed E-state index contributed by atoms with van der Waals surface area (Å²) in [5.41, 5.74) is 7.45. The number of ether oxygens (including phenoxy) is 1. The number of rotatable bonds is 6. The van der Waals surface area contributed by atoms with Gasteiger partial charge in [0.2, 0.25) is 0 Å². The molecule has 1 unspecified atom stereocenters. The zero-order valence-corrected chi connectivity index (χ0v) is 11.1. The van der Waals surface area contributed by atoms with Crippen LogP contribution in [0.5, 0.6) is 0 Å². The highest BCUT2D eigenvalue weighted by molar-refractivity contribution is 5.98. The maximum Gasteiger partial charge on any atom is 0.170 e. The van der Waals surface area contributed by atoms with E-state index in [1.807, 2.05) is 31.3 Å². The van der Waals surface area contributed by atoms with Crippen LogP contribution in [0.1, 0.15) is 18.1 Å². The number of amidine groups is 1. The number of nitrogens with zero attached hydrogens (tertiary/aromatic N) is 2. The molecule has 0 spiro atoms. The Labute approximate surface area is 108 Å². The van der Waals surface area contributed by atoms with Crippen molar-refractivity contribution in [1.82, 2.24) is 4.90 Å². The van der Waals surface area contributed by atoms with Gasteiger partial charge < -0.3 is 15.7 Å². The molecule has 0 aliphatic rings. The maximum absolute atomic E-state index is 8.77. The highest BCUT2D eigenvalue weighted by atomic mass is 16.5. The zero-order chi connectivity index (χ0) is 13.5. The third kappa shape index (κ3) is 3.72. The Bertz CT molecular complexity index is 407. The zero-order valence-electron chi connectivity index (χ0n) is 11.1. The van der Waals surface area contributed by atoms with Crippen molar-refractivity contribution >= 4 is 5.84 Å². The Hall–Kier alpha value is -1.59. The Morgan fingerprint density at radius 2 is 2.17 bits per heavy atom. The van der Waals surface area contributed by atoms with Gasteiger partial charge in [-0.25, -0.2) is 0 Å². The van der Waals surface area contributed by atoms with E-state index in [9.17, 15) is 0 Å². The molecule has 0 aromatic heterocycles. The van der Waals surface area contributed by atoms with E-state index in [-0.39, 0.29) is 5.84 Å². The fraction of sp³-hybridized carbons (Fsp3) is 0.462. The van der Waals surface area contributed by atoms with Gasteiger partial charge in [0, 0.05) is 25.3 Å². The summed E-state index contributed by atoms with van der Waals surface area (Å²) in [4.78, 5) is 2.16. The average Bonchev–Trinajstić information content (AvgIpc) is 2.38. The van der Waals surface area contributed by atoms with E-state index >= 15 is 0 Å². The molecule has 1 atom stereocenters. The molecule has 1 rings (SSSR count). The van der Waals surface area contributed by atoms with E-state index in [1.54, 1.807) is 7.11 Å². The molecule has 0 saturated carbocycles. The van der Waals surface area contributed by atoms with Crippen molar-refractivity contribution in [1.29, 1.82) is 0 Å². The second kappa shape index (κ2) is 6.98. The largest absolute Gasteiger partial charge is 0.409 e. The minimum absolute atomic E-state index is 0.137. The van der Waals surface area contributed by atoms with Crippen LogP contribution in [0.3, 0.4) is 0 Å². The van der Waals surface area contributed by atoms with Crippen LogP contribution in [0.25, 0.3) is 0 Å². The van der Waals surface area contributed by atoms with Crippen LogP contribution in [0.2, 0.25) is 0 Å². The van der Waals surface area contributed by atoms with Crippen molar-refractivity contribution in [3.63, 3.8) is 0 Å². The van der Waals surface area contributed by atoms with Gasteiger partial charge >= 0.3 is 0 Å². The fourth-order valence-electron chi connectivity index (χ4n) is 1.75. The standard InChI is InChI=1S/C13H21N3O2/c1-10(9-18-3)16(2)8-11-6-4-5-7-12(11)13(14)15-17/h4-7,10,17H,8-9H2,1-3H3,(H2,14,15). The first kappa shape index (κ1) is 14.5. The molecule has 18 heavy (non-hydrogen) atoms. The average molecular weight is 251 g/mol. The number of hydrogen-bond acceptors (Lipinski definition) is 4. The minimum atomic E-state index is 0.137. The van der Waals surface area contributed by atoms with Crippen LogP contribution in [-0.4, -0.2) is 42.7 Å². The van der Waals surface area contributed by atoms with Gasteiger partial charge in [0.25, 0.3) is 0 Å². The Kier molecular flexibility index (Phi) is 5.61. The molecule has 0 radical (unpaired) electrons. The molecule has 0 amide bonds. The maximum atomic E-state index is 8.77. The van der Waals surface area contributed by atoms with Gasteiger partial charge in [-0.3, -0.25) is 4.90 Å². The highest BCUT2D eigenvalue weighted by Gasteiger charge is 2.12. The Balaban J connectivity index is 2.84. The van der Waals surface area contributed by atoms with Gasteiger partial charge in [0.05, 0.1) is 6.61 Å². The molecule has 0 aliphatic heterocycles. The topological polar surface area (TPSA) is 71.1 Å². The summed E-state index contributed by atoms with van der Waals surface area (Å²) in [5, 5.41) is 11.8. The summed E-state index contributed by atoms with van der Waals surface area (Å²) < 4.78 is 5.13. The van der Waals surface area contributed by atoms with Gasteiger partial charge in [-0.2, -0.15) is 0 Å². The summed E-state index contributed by atoms with van der Waals surface area (Å²) in [6, 6.07) is 7.94. The third-order valence-corrected chi connectivity index (χ3v) is 2.98. The summed E-state index contributed by atoms with van der Waals surface area (Å²) in [7, 11) is 3.71. The van der Waals surface area contributed by atoms with E-state index in [4.69, 9.17) is 15.7 Å².